The Hall–Kier alpha value is -3.01. The van der Waals surface area contributed by atoms with Crippen LogP contribution in [-0.2, 0) is 32.7 Å². The fourth-order valence-corrected chi connectivity index (χ4v) is 4.80. The zero-order valence-corrected chi connectivity index (χ0v) is 15.4. The van der Waals surface area contributed by atoms with Crippen LogP contribution in [0.4, 0.5) is 5.69 Å². The summed E-state index contributed by atoms with van der Waals surface area (Å²) in [4.78, 5) is 12.5. The smallest absolute Gasteiger partial charge is 0.327 e. The van der Waals surface area contributed by atoms with Crippen LogP contribution in [0.3, 0.4) is 0 Å². The average Bonchev–Trinajstić information content (AvgIpc) is 3.18. The van der Waals surface area contributed by atoms with Gasteiger partial charge < -0.3 is 4.74 Å². The van der Waals surface area contributed by atoms with Crippen molar-refractivity contribution in [3.8, 4) is 0 Å². The number of hydrogen-bond acceptors (Lipinski definition) is 7. The molecule has 4 rings (SSSR count). The molecular weight excluding hydrogens is 370 g/mol. The number of hydrogen-bond donors (Lipinski definition) is 0. The van der Waals surface area contributed by atoms with E-state index in [2.05, 4.69) is 15.5 Å². The lowest BCUT2D eigenvalue weighted by molar-refractivity contribution is -0.143. The largest absolute Gasteiger partial charge is 0.456 e. The normalized spacial score (nSPS) is 14.6. The Morgan fingerprint density at radius 2 is 1.96 bits per heavy atom. The molecule has 0 amide bonds. The average molecular weight is 387 g/mol. The number of tetrazole rings is 1. The van der Waals surface area contributed by atoms with E-state index in [0.717, 1.165) is 16.1 Å². The Bertz CT molecular complexity index is 1120. The number of anilines is 1. The van der Waals surface area contributed by atoms with Crippen LogP contribution in [0.5, 0.6) is 0 Å². The van der Waals surface area contributed by atoms with Crippen LogP contribution in [-0.4, -0.2) is 41.1 Å². The molecule has 1 aliphatic heterocycles. The summed E-state index contributed by atoms with van der Waals surface area (Å²) in [5.74, 6) is -0.255. The van der Waals surface area contributed by atoms with Crippen molar-refractivity contribution in [1.29, 1.82) is 0 Å². The number of esters is 1. The second kappa shape index (κ2) is 6.62. The summed E-state index contributed by atoms with van der Waals surface area (Å²) in [7, 11) is -3.80. The molecule has 0 fully saturated rings. The summed E-state index contributed by atoms with van der Waals surface area (Å²) in [5.41, 5.74) is 0.482. The summed E-state index contributed by atoms with van der Waals surface area (Å²) in [6, 6.07) is 10.4. The fourth-order valence-electron chi connectivity index (χ4n) is 3.15. The van der Waals surface area contributed by atoms with Crippen molar-refractivity contribution < 1.29 is 17.9 Å². The Kier molecular flexibility index (Phi) is 4.27. The van der Waals surface area contributed by atoms with Crippen LogP contribution in [0.25, 0.3) is 10.8 Å². The van der Waals surface area contributed by atoms with Gasteiger partial charge in [-0.05, 0) is 34.4 Å². The van der Waals surface area contributed by atoms with E-state index in [9.17, 15) is 13.2 Å². The van der Waals surface area contributed by atoms with E-state index < -0.39 is 22.5 Å². The summed E-state index contributed by atoms with van der Waals surface area (Å²) in [6.07, 6.45) is 0.834. The first kappa shape index (κ1) is 17.4. The Labute approximate surface area is 155 Å². The summed E-state index contributed by atoms with van der Waals surface area (Å²) in [6.45, 7) is 2.06. The molecule has 0 spiro atoms. The van der Waals surface area contributed by atoms with Gasteiger partial charge in [-0.3, -0.25) is 9.10 Å². The monoisotopic (exact) mass is 387 g/mol. The molecule has 1 aliphatic rings. The number of nitrogens with zero attached hydrogens (tertiary/aromatic N) is 5. The summed E-state index contributed by atoms with van der Waals surface area (Å²) in [5, 5.41) is 12.6. The van der Waals surface area contributed by atoms with Crippen LogP contribution in [0.1, 0.15) is 19.2 Å². The SMILES string of the molecule is CCCn1nnnc1COC(=O)CN1c2cccc3cccc(c23)S1(=O)=O. The fraction of sp³-hybridized carbons (Fsp3) is 0.294. The first-order valence-electron chi connectivity index (χ1n) is 8.47. The van der Waals surface area contributed by atoms with Crippen molar-refractivity contribution in [2.75, 3.05) is 10.8 Å². The quantitative estimate of drug-likeness (QED) is 0.590. The predicted molar refractivity (Wildman–Crippen MR) is 96.4 cm³/mol. The van der Waals surface area contributed by atoms with Gasteiger partial charge in [-0.1, -0.05) is 31.2 Å². The lowest BCUT2D eigenvalue weighted by Gasteiger charge is -2.17. The third kappa shape index (κ3) is 2.91. The number of carbonyl (C=O) groups excluding carboxylic acids is 1. The molecule has 0 saturated carbocycles. The van der Waals surface area contributed by atoms with E-state index in [1.165, 1.54) is 0 Å². The second-order valence-corrected chi connectivity index (χ2v) is 7.95. The Morgan fingerprint density at radius 1 is 1.19 bits per heavy atom. The van der Waals surface area contributed by atoms with Gasteiger partial charge in [-0.25, -0.2) is 13.1 Å². The lowest BCUT2D eigenvalue weighted by Crippen LogP contribution is -2.33. The predicted octanol–water partition coefficient (Wildman–Crippen LogP) is 1.49. The molecule has 0 N–H and O–H groups in total. The zero-order chi connectivity index (χ0) is 19.0. The van der Waals surface area contributed by atoms with Crippen LogP contribution >= 0.6 is 0 Å². The van der Waals surface area contributed by atoms with Gasteiger partial charge in [0, 0.05) is 11.9 Å². The minimum atomic E-state index is -3.80. The van der Waals surface area contributed by atoms with Crippen LogP contribution in [0.2, 0.25) is 0 Å². The zero-order valence-electron chi connectivity index (χ0n) is 14.6. The van der Waals surface area contributed by atoms with Gasteiger partial charge in [0.15, 0.2) is 12.4 Å². The van der Waals surface area contributed by atoms with Gasteiger partial charge in [-0.2, -0.15) is 0 Å². The highest BCUT2D eigenvalue weighted by atomic mass is 32.2. The van der Waals surface area contributed by atoms with E-state index in [4.69, 9.17) is 4.74 Å². The highest BCUT2D eigenvalue weighted by Gasteiger charge is 2.37. The van der Waals surface area contributed by atoms with Gasteiger partial charge in [0.1, 0.15) is 6.54 Å². The van der Waals surface area contributed by atoms with E-state index in [-0.39, 0.29) is 11.5 Å². The minimum Gasteiger partial charge on any atom is -0.456 e. The number of sulfonamides is 1. The standard InChI is InChI=1S/C17H17N5O4S/c1-2-9-21-15(18-19-20-21)11-26-16(23)10-22-13-7-3-5-12-6-4-8-14(17(12)13)27(22,24)25/h3-8H,2,9-11H2,1H3. The topological polar surface area (TPSA) is 107 Å². The van der Waals surface area contributed by atoms with Crippen molar-refractivity contribution in [3.05, 3.63) is 42.2 Å². The Balaban J connectivity index is 1.54. The maximum Gasteiger partial charge on any atom is 0.327 e. The molecule has 0 aliphatic carbocycles. The molecule has 0 unspecified atom stereocenters. The van der Waals surface area contributed by atoms with Crippen molar-refractivity contribution in [1.82, 2.24) is 20.2 Å². The van der Waals surface area contributed by atoms with Gasteiger partial charge in [-0.15, -0.1) is 5.10 Å². The molecule has 3 aromatic rings. The van der Waals surface area contributed by atoms with Gasteiger partial charge >= 0.3 is 5.97 Å². The second-order valence-electron chi connectivity index (χ2n) is 6.12. The highest BCUT2D eigenvalue weighted by molar-refractivity contribution is 7.93. The number of aromatic nitrogens is 4. The Morgan fingerprint density at radius 3 is 2.74 bits per heavy atom. The maximum absolute atomic E-state index is 12.9. The molecule has 140 valence electrons. The first-order valence-corrected chi connectivity index (χ1v) is 9.91. The third-order valence-electron chi connectivity index (χ3n) is 4.36. The molecule has 2 aromatic carbocycles. The molecule has 1 aromatic heterocycles. The van der Waals surface area contributed by atoms with Crippen molar-refractivity contribution in [2.45, 2.75) is 31.4 Å². The summed E-state index contributed by atoms with van der Waals surface area (Å²) >= 11 is 0. The van der Waals surface area contributed by atoms with Crippen LogP contribution < -0.4 is 4.31 Å². The number of ether oxygens (including phenoxy) is 1. The van der Waals surface area contributed by atoms with Gasteiger partial charge in [0.05, 0.1) is 10.6 Å². The van der Waals surface area contributed by atoms with Gasteiger partial charge in [0.25, 0.3) is 10.0 Å². The van der Waals surface area contributed by atoms with Crippen molar-refractivity contribution in [2.24, 2.45) is 0 Å². The molecular formula is C17H17N5O4S. The lowest BCUT2D eigenvalue weighted by atomic mass is 10.1. The van der Waals surface area contributed by atoms with Crippen molar-refractivity contribution >= 4 is 32.5 Å². The molecule has 2 heterocycles. The molecule has 0 saturated heterocycles. The number of carbonyl (C=O) groups is 1. The van der Waals surface area contributed by atoms with E-state index in [0.29, 0.717) is 23.4 Å². The molecule has 10 heteroatoms. The number of aryl methyl sites for hydroxylation is 1. The van der Waals surface area contributed by atoms with E-state index >= 15 is 0 Å². The third-order valence-corrected chi connectivity index (χ3v) is 6.16. The molecule has 0 atom stereocenters. The molecule has 0 radical (unpaired) electrons. The molecule has 0 bridgehead atoms. The number of rotatable bonds is 6. The van der Waals surface area contributed by atoms with E-state index in [1.807, 2.05) is 19.1 Å². The number of benzene rings is 2. The minimum absolute atomic E-state index is 0.114. The van der Waals surface area contributed by atoms with Gasteiger partial charge in [0.2, 0.25) is 0 Å². The maximum atomic E-state index is 12.9. The molecule has 9 nitrogen and oxygen atoms in total. The highest BCUT2D eigenvalue weighted by Crippen LogP contribution is 2.41. The molecule has 27 heavy (non-hydrogen) atoms. The first-order chi connectivity index (χ1) is 13.0. The van der Waals surface area contributed by atoms with Crippen LogP contribution in [0, 0.1) is 0 Å². The summed E-state index contributed by atoms with van der Waals surface area (Å²) < 4.78 is 33.6. The van der Waals surface area contributed by atoms with Crippen LogP contribution in [0.15, 0.2) is 41.3 Å². The van der Waals surface area contributed by atoms with Crippen molar-refractivity contribution in [3.63, 3.8) is 0 Å². The van der Waals surface area contributed by atoms with E-state index in [1.54, 1.807) is 28.9 Å².